The van der Waals surface area contributed by atoms with Crippen molar-refractivity contribution in [2.45, 2.75) is 57.5 Å². The minimum absolute atomic E-state index is 0.112. The molecular weight excluding hydrogens is 232 g/mol. The molecule has 0 aromatic rings. The molecule has 104 valence electrons. The molecule has 5 heteroatoms. The van der Waals surface area contributed by atoms with Crippen LogP contribution >= 0.6 is 0 Å². The maximum Gasteiger partial charge on any atom is 0.328 e. The quantitative estimate of drug-likeness (QED) is 0.746. The fraction of sp³-hybridized carbons (Fsp3) is 0.846. The summed E-state index contributed by atoms with van der Waals surface area (Å²) in [7, 11) is 1.36. The molecule has 0 spiro atoms. The zero-order chi connectivity index (χ0) is 13.5. The summed E-state index contributed by atoms with van der Waals surface area (Å²) in [6.07, 6.45) is 5.19. The van der Waals surface area contributed by atoms with Gasteiger partial charge in [0.05, 0.1) is 13.2 Å². The predicted molar refractivity (Wildman–Crippen MR) is 68.9 cm³/mol. The molecule has 2 unspecified atom stereocenters. The summed E-state index contributed by atoms with van der Waals surface area (Å²) in [6.45, 7) is 2.67. The van der Waals surface area contributed by atoms with Gasteiger partial charge in [-0.1, -0.05) is 19.8 Å². The molecule has 1 saturated heterocycles. The molecule has 0 bridgehead atoms. The van der Waals surface area contributed by atoms with Gasteiger partial charge in [0.25, 0.3) is 0 Å². The van der Waals surface area contributed by atoms with Crippen molar-refractivity contribution in [3.8, 4) is 0 Å². The SMILES string of the molecule is CCCCC(N)C(=O)N1CCCCC1C(=O)OC. The third-order valence-corrected chi connectivity index (χ3v) is 3.45. The third kappa shape index (κ3) is 3.70. The first-order valence-corrected chi connectivity index (χ1v) is 6.75. The van der Waals surface area contributed by atoms with E-state index < -0.39 is 12.1 Å². The molecule has 0 aromatic carbocycles. The lowest BCUT2D eigenvalue weighted by Gasteiger charge is -2.35. The topological polar surface area (TPSA) is 72.6 Å². The summed E-state index contributed by atoms with van der Waals surface area (Å²) in [5.74, 6) is -0.440. The van der Waals surface area contributed by atoms with E-state index in [-0.39, 0.29) is 11.9 Å². The number of rotatable bonds is 5. The van der Waals surface area contributed by atoms with E-state index in [1.807, 2.05) is 0 Å². The summed E-state index contributed by atoms with van der Waals surface area (Å²) < 4.78 is 4.76. The van der Waals surface area contributed by atoms with Gasteiger partial charge in [-0.3, -0.25) is 4.79 Å². The van der Waals surface area contributed by atoms with Crippen molar-refractivity contribution in [2.24, 2.45) is 5.73 Å². The van der Waals surface area contributed by atoms with Crippen molar-refractivity contribution in [3.63, 3.8) is 0 Å². The molecule has 1 heterocycles. The Labute approximate surface area is 109 Å². The number of piperidine rings is 1. The largest absolute Gasteiger partial charge is 0.467 e. The normalized spacial score (nSPS) is 21.5. The van der Waals surface area contributed by atoms with Crippen molar-refractivity contribution >= 4 is 11.9 Å². The first-order valence-electron chi connectivity index (χ1n) is 6.75. The summed E-state index contributed by atoms with van der Waals surface area (Å²) in [5, 5.41) is 0. The van der Waals surface area contributed by atoms with Crippen LogP contribution in [0, 0.1) is 0 Å². The Balaban J connectivity index is 2.64. The van der Waals surface area contributed by atoms with E-state index in [1.54, 1.807) is 4.90 Å². The molecule has 1 amide bonds. The van der Waals surface area contributed by atoms with Crippen LogP contribution in [0.25, 0.3) is 0 Å². The average molecular weight is 256 g/mol. The van der Waals surface area contributed by atoms with Gasteiger partial charge in [-0.15, -0.1) is 0 Å². The van der Waals surface area contributed by atoms with Gasteiger partial charge >= 0.3 is 5.97 Å². The highest BCUT2D eigenvalue weighted by atomic mass is 16.5. The van der Waals surface area contributed by atoms with Crippen LogP contribution in [0.5, 0.6) is 0 Å². The highest BCUT2D eigenvalue weighted by Crippen LogP contribution is 2.19. The number of unbranched alkanes of at least 4 members (excludes halogenated alkanes) is 1. The monoisotopic (exact) mass is 256 g/mol. The second-order valence-corrected chi connectivity index (χ2v) is 4.82. The van der Waals surface area contributed by atoms with E-state index in [0.29, 0.717) is 19.4 Å². The van der Waals surface area contributed by atoms with E-state index in [1.165, 1.54) is 7.11 Å². The summed E-state index contributed by atoms with van der Waals surface area (Å²) >= 11 is 0. The number of likely N-dealkylation sites (tertiary alicyclic amines) is 1. The minimum Gasteiger partial charge on any atom is -0.467 e. The second kappa shape index (κ2) is 7.36. The summed E-state index contributed by atoms with van der Waals surface area (Å²) in [4.78, 5) is 25.5. The van der Waals surface area contributed by atoms with Gasteiger partial charge < -0.3 is 15.4 Å². The first-order chi connectivity index (χ1) is 8.61. The van der Waals surface area contributed by atoms with Crippen LogP contribution in [0.2, 0.25) is 0 Å². The Kier molecular flexibility index (Phi) is 6.12. The Morgan fingerprint density at radius 1 is 1.44 bits per heavy atom. The van der Waals surface area contributed by atoms with Crippen molar-refractivity contribution < 1.29 is 14.3 Å². The summed E-state index contributed by atoms with van der Waals surface area (Å²) in [5.41, 5.74) is 5.89. The number of amides is 1. The molecule has 1 aliphatic rings. The Bertz CT molecular complexity index is 294. The number of carbonyl (C=O) groups excluding carboxylic acids is 2. The molecule has 18 heavy (non-hydrogen) atoms. The first kappa shape index (κ1) is 15.0. The van der Waals surface area contributed by atoms with Crippen LogP contribution in [0.1, 0.15) is 45.4 Å². The maximum absolute atomic E-state index is 12.2. The molecule has 2 atom stereocenters. The molecule has 1 fully saturated rings. The molecular formula is C13H24N2O3. The third-order valence-electron chi connectivity index (χ3n) is 3.45. The van der Waals surface area contributed by atoms with Gasteiger partial charge in [0.2, 0.25) is 5.91 Å². The van der Waals surface area contributed by atoms with Crippen LogP contribution in [-0.2, 0) is 14.3 Å². The maximum atomic E-state index is 12.2. The van der Waals surface area contributed by atoms with Crippen molar-refractivity contribution in [3.05, 3.63) is 0 Å². The molecule has 1 rings (SSSR count). The number of esters is 1. The van der Waals surface area contributed by atoms with E-state index in [9.17, 15) is 9.59 Å². The smallest absolute Gasteiger partial charge is 0.328 e. The lowest BCUT2D eigenvalue weighted by atomic mass is 10.00. The number of nitrogens with zero attached hydrogens (tertiary/aromatic N) is 1. The second-order valence-electron chi connectivity index (χ2n) is 4.82. The number of ether oxygens (including phenoxy) is 1. The number of hydrogen-bond acceptors (Lipinski definition) is 4. The van der Waals surface area contributed by atoms with Gasteiger partial charge in [-0.25, -0.2) is 4.79 Å². The average Bonchev–Trinajstić information content (AvgIpc) is 2.43. The van der Waals surface area contributed by atoms with E-state index >= 15 is 0 Å². The Hall–Kier alpha value is -1.10. The predicted octanol–water partition coefficient (Wildman–Crippen LogP) is 1.06. The number of hydrogen-bond donors (Lipinski definition) is 1. The molecule has 2 N–H and O–H groups in total. The van der Waals surface area contributed by atoms with E-state index in [0.717, 1.165) is 25.7 Å². The number of methoxy groups -OCH3 is 1. The molecule has 0 aromatic heterocycles. The van der Waals surface area contributed by atoms with Crippen LogP contribution in [0.15, 0.2) is 0 Å². The van der Waals surface area contributed by atoms with Gasteiger partial charge in [0.1, 0.15) is 6.04 Å². The molecule has 0 aliphatic carbocycles. The molecule has 5 nitrogen and oxygen atoms in total. The van der Waals surface area contributed by atoms with E-state index in [4.69, 9.17) is 10.5 Å². The van der Waals surface area contributed by atoms with Crippen LogP contribution in [0.4, 0.5) is 0 Å². The zero-order valence-electron chi connectivity index (χ0n) is 11.4. The molecule has 0 saturated carbocycles. The van der Waals surface area contributed by atoms with E-state index in [2.05, 4.69) is 6.92 Å². The van der Waals surface area contributed by atoms with Crippen molar-refractivity contribution in [2.75, 3.05) is 13.7 Å². The minimum atomic E-state index is -0.491. The standard InChI is InChI=1S/C13H24N2O3/c1-3-4-7-10(14)12(16)15-9-6-5-8-11(15)13(17)18-2/h10-11H,3-9,14H2,1-2H3. The Morgan fingerprint density at radius 2 is 2.17 bits per heavy atom. The van der Waals surface area contributed by atoms with Crippen LogP contribution in [0.3, 0.4) is 0 Å². The molecule has 0 radical (unpaired) electrons. The Morgan fingerprint density at radius 3 is 2.78 bits per heavy atom. The van der Waals surface area contributed by atoms with Gasteiger partial charge in [0.15, 0.2) is 0 Å². The summed E-state index contributed by atoms with van der Waals surface area (Å²) in [6, 6.07) is -0.931. The van der Waals surface area contributed by atoms with Crippen molar-refractivity contribution in [1.29, 1.82) is 0 Å². The van der Waals surface area contributed by atoms with Gasteiger partial charge in [-0.2, -0.15) is 0 Å². The van der Waals surface area contributed by atoms with Crippen molar-refractivity contribution in [1.82, 2.24) is 4.90 Å². The van der Waals surface area contributed by atoms with Gasteiger partial charge in [-0.05, 0) is 25.7 Å². The zero-order valence-corrected chi connectivity index (χ0v) is 11.4. The molecule has 1 aliphatic heterocycles. The lowest BCUT2D eigenvalue weighted by molar-refractivity contribution is -0.155. The number of carbonyl (C=O) groups is 2. The fourth-order valence-electron chi connectivity index (χ4n) is 2.34. The van der Waals surface area contributed by atoms with Crippen LogP contribution < -0.4 is 5.73 Å². The highest BCUT2D eigenvalue weighted by molar-refractivity contribution is 5.87. The van der Waals surface area contributed by atoms with Crippen LogP contribution in [-0.4, -0.2) is 42.5 Å². The lowest BCUT2D eigenvalue weighted by Crippen LogP contribution is -2.53. The highest BCUT2D eigenvalue weighted by Gasteiger charge is 2.34. The number of nitrogens with two attached hydrogens (primary N) is 1. The fourth-order valence-corrected chi connectivity index (χ4v) is 2.34. The van der Waals surface area contributed by atoms with Gasteiger partial charge in [0, 0.05) is 6.54 Å².